The quantitative estimate of drug-likeness (QED) is 0.445. The number of halogens is 1. The van der Waals surface area contributed by atoms with Gasteiger partial charge in [0.2, 0.25) is 5.78 Å². The van der Waals surface area contributed by atoms with Crippen LogP contribution in [-0.2, 0) is 0 Å². The number of rotatable bonds is 4. The normalized spacial score (nSPS) is 13.0. The van der Waals surface area contributed by atoms with Crippen molar-refractivity contribution in [1.29, 1.82) is 10.5 Å². The van der Waals surface area contributed by atoms with E-state index in [-0.39, 0.29) is 22.9 Å². The van der Waals surface area contributed by atoms with Crippen LogP contribution >= 0.6 is 0 Å². The zero-order valence-electron chi connectivity index (χ0n) is 14.7. The summed E-state index contributed by atoms with van der Waals surface area (Å²) in [6.45, 7) is 0. The molecule has 2 aromatic rings. The first-order valence-corrected chi connectivity index (χ1v) is 8.39. The van der Waals surface area contributed by atoms with Gasteiger partial charge in [0.05, 0.1) is 11.4 Å². The van der Waals surface area contributed by atoms with Gasteiger partial charge in [-0.2, -0.15) is 10.5 Å². The van der Waals surface area contributed by atoms with E-state index >= 15 is 0 Å². The highest BCUT2D eigenvalue weighted by atomic mass is 19.1. The third-order valence-corrected chi connectivity index (χ3v) is 4.04. The first kappa shape index (κ1) is 18.6. The van der Waals surface area contributed by atoms with E-state index in [1.807, 2.05) is 12.1 Å². The van der Waals surface area contributed by atoms with E-state index in [1.165, 1.54) is 17.0 Å². The van der Waals surface area contributed by atoms with Crippen LogP contribution in [0.4, 0.5) is 4.39 Å². The molecule has 3 rings (SSSR count). The predicted molar refractivity (Wildman–Crippen MR) is 104 cm³/mol. The molecule has 0 bridgehead atoms. The van der Waals surface area contributed by atoms with Crippen molar-refractivity contribution in [3.05, 3.63) is 113 Å². The molecule has 0 aliphatic carbocycles. The van der Waals surface area contributed by atoms with E-state index in [9.17, 15) is 19.7 Å². The van der Waals surface area contributed by atoms with Gasteiger partial charge >= 0.3 is 0 Å². The van der Waals surface area contributed by atoms with Crippen molar-refractivity contribution in [3.63, 3.8) is 0 Å². The standard InChI is InChI=1S/C23H14FN3O/c24-20-11-9-17(10-12-20)14-22(23(28)18-6-2-1-3-7-18)27-13-5-4-8-21(27)19(15-25)16-26/h1-14H/b22-14-. The van der Waals surface area contributed by atoms with Gasteiger partial charge in [-0.15, -0.1) is 0 Å². The summed E-state index contributed by atoms with van der Waals surface area (Å²) >= 11 is 0. The second-order valence-electron chi connectivity index (χ2n) is 5.83. The number of carbonyl (C=O) groups excluding carboxylic acids is 1. The topological polar surface area (TPSA) is 67.9 Å². The highest BCUT2D eigenvalue weighted by molar-refractivity contribution is 6.11. The third-order valence-electron chi connectivity index (χ3n) is 4.04. The maximum atomic E-state index is 13.3. The van der Waals surface area contributed by atoms with Crippen LogP contribution in [-0.4, -0.2) is 10.7 Å². The Morgan fingerprint density at radius 3 is 2.29 bits per heavy atom. The van der Waals surface area contributed by atoms with Crippen molar-refractivity contribution in [2.75, 3.05) is 0 Å². The Labute approximate surface area is 162 Å². The van der Waals surface area contributed by atoms with Crippen LogP contribution in [0.25, 0.3) is 6.08 Å². The van der Waals surface area contributed by atoms with Gasteiger partial charge in [0.25, 0.3) is 0 Å². The van der Waals surface area contributed by atoms with Crippen molar-refractivity contribution in [2.45, 2.75) is 0 Å². The minimum absolute atomic E-state index is 0.119. The lowest BCUT2D eigenvalue weighted by atomic mass is 10.0. The van der Waals surface area contributed by atoms with E-state index < -0.39 is 0 Å². The second-order valence-corrected chi connectivity index (χ2v) is 5.83. The van der Waals surface area contributed by atoms with Crippen LogP contribution in [0.15, 0.2) is 96.0 Å². The highest BCUT2D eigenvalue weighted by Gasteiger charge is 2.23. The van der Waals surface area contributed by atoms with Gasteiger partial charge in [-0.1, -0.05) is 48.5 Å². The molecule has 0 radical (unpaired) electrons. The highest BCUT2D eigenvalue weighted by Crippen LogP contribution is 2.26. The molecule has 2 aromatic carbocycles. The van der Waals surface area contributed by atoms with Gasteiger partial charge in [-0.3, -0.25) is 4.79 Å². The summed E-state index contributed by atoms with van der Waals surface area (Å²) in [5, 5.41) is 18.6. The fourth-order valence-corrected chi connectivity index (χ4v) is 2.70. The van der Waals surface area contributed by atoms with Crippen LogP contribution in [0.1, 0.15) is 15.9 Å². The fourth-order valence-electron chi connectivity index (χ4n) is 2.70. The second kappa shape index (κ2) is 8.44. The monoisotopic (exact) mass is 367 g/mol. The lowest BCUT2D eigenvalue weighted by Crippen LogP contribution is -2.24. The molecular weight excluding hydrogens is 353 g/mol. The molecule has 4 nitrogen and oxygen atoms in total. The lowest BCUT2D eigenvalue weighted by molar-refractivity contribution is 0.101. The van der Waals surface area contributed by atoms with Crippen molar-refractivity contribution in [3.8, 4) is 12.1 Å². The van der Waals surface area contributed by atoms with Crippen molar-refractivity contribution >= 4 is 11.9 Å². The van der Waals surface area contributed by atoms with Gasteiger partial charge < -0.3 is 4.90 Å². The molecule has 0 spiro atoms. The Morgan fingerprint density at radius 2 is 1.64 bits per heavy atom. The maximum absolute atomic E-state index is 13.3. The molecule has 0 N–H and O–H groups in total. The van der Waals surface area contributed by atoms with Gasteiger partial charge in [-0.25, -0.2) is 4.39 Å². The molecule has 0 atom stereocenters. The van der Waals surface area contributed by atoms with Gasteiger partial charge in [-0.05, 0) is 35.9 Å². The summed E-state index contributed by atoms with van der Waals surface area (Å²) < 4.78 is 13.3. The Kier molecular flexibility index (Phi) is 5.60. The Balaban J connectivity index is 2.17. The zero-order valence-corrected chi connectivity index (χ0v) is 14.7. The Morgan fingerprint density at radius 1 is 0.964 bits per heavy atom. The SMILES string of the molecule is N#CC(C#N)=C1C=CC=CN1/C(=C\c1ccc(F)cc1)C(=O)c1ccccc1. The summed E-state index contributed by atoms with van der Waals surface area (Å²) in [7, 11) is 0. The summed E-state index contributed by atoms with van der Waals surface area (Å²) in [5.41, 5.74) is 1.47. The van der Waals surface area contributed by atoms with Crippen molar-refractivity contribution < 1.29 is 9.18 Å². The number of Topliss-reactive ketones (excluding diaryl/α,β-unsaturated/α-hetero) is 1. The van der Waals surface area contributed by atoms with Gasteiger partial charge in [0.1, 0.15) is 18.0 Å². The fraction of sp³-hybridized carbons (Fsp3) is 0. The summed E-state index contributed by atoms with van der Waals surface area (Å²) in [6, 6.07) is 18.1. The molecular formula is C23H14FN3O. The number of nitriles is 2. The van der Waals surface area contributed by atoms with Crippen molar-refractivity contribution in [2.24, 2.45) is 0 Å². The summed E-state index contributed by atoms with van der Waals surface area (Å²) in [5.74, 6) is -0.677. The molecule has 0 fully saturated rings. The molecule has 5 heteroatoms. The molecule has 0 aromatic heterocycles. The molecule has 1 aliphatic rings. The zero-order chi connectivity index (χ0) is 19.9. The van der Waals surface area contributed by atoms with E-state index in [2.05, 4.69) is 0 Å². The molecule has 0 saturated heterocycles. The summed E-state index contributed by atoms with van der Waals surface area (Å²) in [4.78, 5) is 14.7. The number of benzene rings is 2. The average Bonchev–Trinajstić information content (AvgIpc) is 2.75. The third kappa shape index (κ3) is 3.95. The van der Waals surface area contributed by atoms with E-state index in [4.69, 9.17) is 0 Å². The van der Waals surface area contributed by atoms with Crippen molar-refractivity contribution in [1.82, 2.24) is 4.90 Å². The smallest absolute Gasteiger partial charge is 0.209 e. The van der Waals surface area contributed by atoms with Gasteiger partial charge in [0, 0.05) is 11.8 Å². The molecule has 0 amide bonds. The largest absolute Gasteiger partial charge is 0.312 e. The van der Waals surface area contributed by atoms with Crippen LogP contribution in [0.5, 0.6) is 0 Å². The van der Waals surface area contributed by atoms with Gasteiger partial charge in [0.15, 0.2) is 5.57 Å². The number of carbonyl (C=O) groups is 1. The number of nitrogens with zero attached hydrogens (tertiary/aromatic N) is 3. The number of ketones is 1. The molecule has 1 heterocycles. The first-order chi connectivity index (χ1) is 13.6. The maximum Gasteiger partial charge on any atom is 0.209 e. The number of allylic oxidation sites excluding steroid dienone is 5. The van der Waals surface area contributed by atoms with Crippen LogP contribution in [0, 0.1) is 28.5 Å². The first-order valence-electron chi connectivity index (χ1n) is 8.39. The molecule has 0 saturated carbocycles. The average molecular weight is 367 g/mol. The van der Waals surface area contributed by atoms with E-state index in [1.54, 1.807) is 73.0 Å². The minimum atomic E-state index is -0.384. The minimum Gasteiger partial charge on any atom is -0.312 e. The summed E-state index contributed by atoms with van der Waals surface area (Å²) in [6.07, 6.45) is 8.19. The van der Waals surface area contributed by atoms with Crippen LogP contribution in [0.2, 0.25) is 0 Å². The number of hydrogen-bond acceptors (Lipinski definition) is 4. The molecule has 28 heavy (non-hydrogen) atoms. The number of hydrogen-bond donors (Lipinski definition) is 0. The molecule has 134 valence electrons. The van der Waals surface area contributed by atoms with Crippen LogP contribution < -0.4 is 0 Å². The Hall–Kier alpha value is -4.22. The van der Waals surface area contributed by atoms with E-state index in [0.29, 0.717) is 16.8 Å². The lowest BCUT2D eigenvalue weighted by Gasteiger charge is -2.26. The van der Waals surface area contributed by atoms with Crippen LogP contribution in [0.3, 0.4) is 0 Å². The molecule has 0 unspecified atom stereocenters. The van der Waals surface area contributed by atoms with E-state index in [0.717, 1.165) is 0 Å². The molecule has 1 aliphatic heterocycles. The Bertz CT molecular complexity index is 1080. The predicted octanol–water partition coefficient (Wildman–Crippen LogP) is 4.74.